The molecule has 0 radical (unpaired) electrons. The molecule has 3 aromatic rings. The van der Waals surface area contributed by atoms with Crippen molar-refractivity contribution in [3.63, 3.8) is 0 Å². The van der Waals surface area contributed by atoms with E-state index in [-0.39, 0.29) is 11.7 Å². The molecule has 7 nitrogen and oxygen atoms in total. The molecule has 3 heterocycles. The first-order chi connectivity index (χ1) is 14.3. The Bertz CT molecular complexity index is 987. The summed E-state index contributed by atoms with van der Waals surface area (Å²) in [4.78, 5) is 14.7. The van der Waals surface area contributed by atoms with E-state index in [0.717, 1.165) is 12.8 Å². The van der Waals surface area contributed by atoms with Crippen LogP contribution in [0, 0.1) is 0 Å². The van der Waals surface area contributed by atoms with Crippen molar-refractivity contribution in [2.45, 2.75) is 36.8 Å². The maximum atomic E-state index is 12.7. The topological polar surface area (TPSA) is 77.7 Å². The molecule has 2 aromatic heterocycles. The van der Waals surface area contributed by atoms with Gasteiger partial charge in [-0.05, 0) is 47.4 Å². The number of carbonyl (C=O) groups excluding carboxylic acids is 1. The molecule has 0 bridgehead atoms. The third-order valence-corrected chi connectivity index (χ3v) is 6.30. The van der Waals surface area contributed by atoms with Crippen LogP contribution in [0.3, 0.4) is 0 Å². The molecule has 1 unspecified atom stereocenters. The van der Waals surface area contributed by atoms with Crippen molar-refractivity contribution < 1.29 is 18.7 Å². The second-order valence-corrected chi connectivity index (χ2v) is 8.65. The Morgan fingerprint density at radius 3 is 2.86 bits per heavy atom. The number of carbonyl (C=O) groups is 1. The van der Waals surface area contributed by atoms with E-state index in [1.807, 2.05) is 34.5 Å². The highest BCUT2D eigenvalue weighted by molar-refractivity contribution is 7.99. The molecule has 1 amide bonds. The number of fused-ring (bicyclic) bond motifs is 1. The standard InChI is InChI=1S/C20H19N3O4S2/c24-18(23(14-5-6-14)9-13-7-8-28-11-13)12-29-20-22-21-19(27-20)17-10-25-15-3-1-2-4-16(15)26-17/h1-4,7-8,11,14,17H,5-6,9-10,12H2. The molecule has 5 rings (SSSR count). The molecule has 9 heteroatoms. The smallest absolute Gasteiger partial charge is 0.277 e. The molecule has 1 aliphatic carbocycles. The second kappa shape index (κ2) is 8.08. The minimum Gasteiger partial charge on any atom is -0.485 e. The summed E-state index contributed by atoms with van der Waals surface area (Å²) in [5, 5.41) is 12.6. The quantitative estimate of drug-likeness (QED) is 0.527. The monoisotopic (exact) mass is 429 g/mol. The van der Waals surface area contributed by atoms with Gasteiger partial charge < -0.3 is 18.8 Å². The van der Waals surface area contributed by atoms with Gasteiger partial charge in [-0.25, -0.2) is 0 Å². The number of benzene rings is 1. The SMILES string of the molecule is O=C(CSc1nnc(C2COc3ccccc3O2)o1)N(Cc1ccsc1)C1CC1. The van der Waals surface area contributed by atoms with E-state index in [2.05, 4.69) is 21.6 Å². The number of ether oxygens (including phenoxy) is 2. The van der Waals surface area contributed by atoms with Gasteiger partial charge in [0.1, 0.15) is 6.61 Å². The molecule has 2 aliphatic rings. The molecule has 1 aliphatic heterocycles. The molecule has 29 heavy (non-hydrogen) atoms. The van der Waals surface area contributed by atoms with E-state index >= 15 is 0 Å². The van der Waals surface area contributed by atoms with Crippen LogP contribution >= 0.6 is 23.1 Å². The normalized spacial score (nSPS) is 17.9. The van der Waals surface area contributed by atoms with E-state index in [0.29, 0.717) is 41.8 Å². The fraction of sp³-hybridized carbons (Fsp3) is 0.350. The van der Waals surface area contributed by atoms with Crippen molar-refractivity contribution in [2.24, 2.45) is 0 Å². The molecule has 1 saturated carbocycles. The highest BCUT2D eigenvalue weighted by Gasteiger charge is 2.33. The summed E-state index contributed by atoms with van der Waals surface area (Å²) < 4.78 is 17.3. The summed E-state index contributed by atoms with van der Waals surface area (Å²) in [7, 11) is 0. The number of thiophene rings is 1. The number of aromatic nitrogens is 2. The molecule has 1 fully saturated rings. The van der Waals surface area contributed by atoms with Gasteiger partial charge >= 0.3 is 0 Å². The third-order valence-electron chi connectivity index (χ3n) is 4.77. The van der Waals surface area contributed by atoms with Crippen LogP contribution in [0.15, 0.2) is 50.7 Å². The Balaban J connectivity index is 1.19. The Labute approximate surface area is 176 Å². The molecular weight excluding hydrogens is 410 g/mol. The summed E-state index contributed by atoms with van der Waals surface area (Å²) in [6.45, 7) is 0.966. The van der Waals surface area contributed by atoms with E-state index < -0.39 is 6.10 Å². The van der Waals surface area contributed by atoms with Gasteiger partial charge in [-0.15, -0.1) is 10.2 Å². The molecule has 1 atom stereocenters. The van der Waals surface area contributed by atoms with Crippen molar-refractivity contribution in [2.75, 3.05) is 12.4 Å². The number of nitrogens with zero attached hydrogens (tertiary/aromatic N) is 3. The number of hydrogen-bond donors (Lipinski definition) is 0. The molecule has 0 saturated heterocycles. The zero-order valence-electron chi connectivity index (χ0n) is 15.5. The van der Waals surface area contributed by atoms with Crippen molar-refractivity contribution in [3.8, 4) is 11.5 Å². The van der Waals surface area contributed by atoms with Crippen LogP contribution in [0.25, 0.3) is 0 Å². The molecule has 0 spiro atoms. The summed E-state index contributed by atoms with van der Waals surface area (Å²) >= 11 is 2.91. The van der Waals surface area contributed by atoms with Gasteiger partial charge in [0.2, 0.25) is 12.0 Å². The average molecular weight is 430 g/mol. The first-order valence-corrected chi connectivity index (χ1v) is 11.3. The maximum Gasteiger partial charge on any atom is 0.277 e. The molecule has 150 valence electrons. The summed E-state index contributed by atoms with van der Waals surface area (Å²) in [6, 6.07) is 9.89. The third kappa shape index (κ3) is 4.25. The second-order valence-electron chi connectivity index (χ2n) is 6.94. The van der Waals surface area contributed by atoms with E-state index in [1.165, 1.54) is 17.3 Å². The summed E-state index contributed by atoms with van der Waals surface area (Å²) in [5.41, 5.74) is 1.18. The highest BCUT2D eigenvalue weighted by atomic mass is 32.2. The lowest BCUT2D eigenvalue weighted by Gasteiger charge is -2.23. The minimum atomic E-state index is -0.455. The number of para-hydroxylation sites is 2. The number of hydrogen-bond acceptors (Lipinski definition) is 8. The van der Waals surface area contributed by atoms with Crippen LogP contribution in [0.1, 0.15) is 30.4 Å². The van der Waals surface area contributed by atoms with Crippen molar-refractivity contribution in [3.05, 3.63) is 52.5 Å². The van der Waals surface area contributed by atoms with Crippen molar-refractivity contribution in [1.82, 2.24) is 15.1 Å². The van der Waals surface area contributed by atoms with Crippen LogP contribution in [-0.2, 0) is 11.3 Å². The Morgan fingerprint density at radius 1 is 1.21 bits per heavy atom. The largest absolute Gasteiger partial charge is 0.485 e. The molecule has 1 aromatic carbocycles. The summed E-state index contributed by atoms with van der Waals surface area (Å²) in [6.07, 6.45) is 1.70. The lowest BCUT2D eigenvalue weighted by Crippen LogP contribution is -2.33. The predicted molar refractivity (Wildman–Crippen MR) is 108 cm³/mol. The highest BCUT2D eigenvalue weighted by Crippen LogP contribution is 2.36. The van der Waals surface area contributed by atoms with Crippen LogP contribution in [0.4, 0.5) is 0 Å². The lowest BCUT2D eigenvalue weighted by atomic mass is 10.2. The van der Waals surface area contributed by atoms with Crippen LogP contribution in [0.2, 0.25) is 0 Å². The van der Waals surface area contributed by atoms with Gasteiger partial charge in [-0.2, -0.15) is 11.3 Å². The van der Waals surface area contributed by atoms with Crippen LogP contribution < -0.4 is 9.47 Å². The first-order valence-electron chi connectivity index (χ1n) is 9.41. The first kappa shape index (κ1) is 18.5. The van der Waals surface area contributed by atoms with Gasteiger partial charge in [0.15, 0.2) is 11.5 Å². The van der Waals surface area contributed by atoms with E-state index in [4.69, 9.17) is 13.9 Å². The van der Waals surface area contributed by atoms with Crippen molar-refractivity contribution in [1.29, 1.82) is 0 Å². The fourth-order valence-corrected chi connectivity index (χ4v) is 4.46. The zero-order valence-corrected chi connectivity index (χ0v) is 17.2. The predicted octanol–water partition coefficient (Wildman–Crippen LogP) is 3.93. The van der Waals surface area contributed by atoms with E-state index in [1.54, 1.807) is 11.3 Å². The average Bonchev–Trinajstić information content (AvgIpc) is 3.25. The van der Waals surface area contributed by atoms with Crippen molar-refractivity contribution >= 4 is 29.0 Å². The minimum absolute atomic E-state index is 0.0922. The number of thioether (sulfide) groups is 1. The van der Waals surface area contributed by atoms with E-state index in [9.17, 15) is 4.79 Å². The maximum absolute atomic E-state index is 12.7. The summed E-state index contributed by atoms with van der Waals surface area (Å²) in [5.74, 6) is 2.07. The Hall–Kier alpha value is -2.52. The van der Waals surface area contributed by atoms with Gasteiger partial charge in [0, 0.05) is 12.6 Å². The van der Waals surface area contributed by atoms with Gasteiger partial charge in [0.25, 0.3) is 11.1 Å². The van der Waals surface area contributed by atoms with Gasteiger partial charge in [-0.3, -0.25) is 4.79 Å². The molecular formula is C20H19N3O4S2. The Kier molecular flexibility index (Phi) is 5.15. The zero-order chi connectivity index (χ0) is 19.6. The molecule has 0 N–H and O–H groups in total. The Morgan fingerprint density at radius 2 is 2.07 bits per heavy atom. The van der Waals surface area contributed by atoms with Crippen LogP contribution in [0.5, 0.6) is 11.5 Å². The van der Waals surface area contributed by atoms with Gasteiger partial charge in [0.05, 0.1) is 5.75 Å². The number of amides is 1. The fourth-order valence-electron chi connectivity index (χ4n) is 3.14. The number of rotatable bonds is 7. The van der Waals surface area contributed by atoms with Gasteiger partial charge in [-0.1, -0.05) is 23.9 Å². The van der Waals surface area contributed by atoms with Crippen LogP contribution in [-0.4, -0.2) is 39.4 Å². The lowest BCUT2D eigenvalue weighted by molar-refractivity contribution is -0.129.